The van der Waals surface area contributed by atoms with Gasteiger partial charge in [-0.25, -0.2) is 18.1 Å². The van der Waals surface area contributed by atoms with Crippen LogP contribution in [0.2, 0.25) is 0 Å². The number of hydrogen-bond acceptors (Lipinski definition) is 5. The van der Waals surface area contributed by atoms with Crippen molar-refractivity contribution in [3.8, 4) is 0 Å². The molecule has 0 spiro atoms. The third-order valence-electron chi connectivity index (χ3n) is 2.59. The molecule has 112 valence electrons. The standard InChI is InChI=1S/C14H16N2O2S3/c1-12-5-7-13(8-6-12)21(17,18)16-10-11-19-20-14-4-2-3-9-15-14/h2-9,16H,10-11H2,1H3. The summed E-state index contributed by atoms with van der Waals surface area (Å²) < 4.78 is 26.7. The summed E-state index contributed by atoms with van der Waals surface area (Å²) in [6.07, 6.45) is 1.74. The SMILES string of the molecule is Cc1ccc(S(=O)(=O)NCCSSc2ccccn2)cc1. The van der Waals surface area contributed by atoms with Gasteiger partial charge in [-0.3, -0.25) is 0 Å². The number of hydrogen-bond donors (Lipinski definition) is 1. The molecule has 1 N–H and O–H groups in total. The van der Waals surface area contributed by atoms with Crippen LogP contribution in [0.25, 0.3) is 0 Å². The first-order valence-corrected chi connectivity index (χ1v) is 10.1. The molecule has 0 saturated carbocycles. The van der Waals surface area contributed by atoms with Crippen LogP contribution in [0.4, 0.5) is 0 Å². The van der Waals surface area contributed by atoms with Crippen LogP contribution in [0.15, 0.2) is 58.6 Å². The molecule has 7 heteroatoms. The predicted molar refractivity (Wildman–Crippen MR) is 88.9 cm³/mol. The Hall–Kier alpha value is -1.02. The smallest absolute Gasteiger partial charge is 0.240 e. The minimum atomic E-state index is -3.41. The molecule has 0 bridgehead atoms. The fraction of sp³-hybridized carbons (Fsp3) is 0.214. The van der Waals surface area contributed by atoms with Gasteiger partial charge in [0, 0.05) is 18.5 Å². The summed E-state index contributed by atoms with van der Waals surface area (Å²) in [6, 6.07) is 12.5. The maximum Gasteiger partial charge on any atom is 0.240 e. The van der Waals surface area contributed by atoms with Crippen LogP contribution in [-0.2, 0) is 10.0 Å². The zero-order valence-electron chi connectivity index (χ0n) is 11.5. The molecule has 0 aliphatic carbocycles. The maximum absolute atomic E-state index is 12.0. The van der Waals surface area contributed by atoms with E-state index in [4.69, 9.17) is 0 Å². The summed E-state index contributed by atoms with van der Waals surface area (Å²) >= 11 is 0. The molecule has 0 saturated heterocycles. The summed E-state index contributed by atoms with van der Waals surface area (Å²) in [5.74, 6) is 0.673. The number of aromatic nitrogens is 1. The normalized spacial score (nSPS) is 11.5. The van der Waals surface area contributed by atoms with Crippen LogP contribution in [0, 0.1) is 6.92 Å². The lowest BCUT2D eigenvalue weighted by molar-refractivity contribution is 0.584. The summed E-state index contributed by atoms with van der Waals surface area (Å²) in [7, 11) is -0.299. The summed E-state index contributed by atoms with van der Waals surface area (Å²) in [5.41, 5.74) is 1.04. The average Bonchev–Trinajstić information content (AvgIpc) is 2.48. The van der Waals surface area contributed by atoms with E-state index >= 15 is 0 Å². The van der Waals surface area contributed by atoms with E-state index in [1.165, 1.54) is 10.8 Å². The topological polar surface area (TPSA) is 59.1 Å². The fourth-order valence-electron chi connectivity index (χ4n) is 1.52. The first kappa shape index (κ1) is 16.4. The van der Waals surface area contributed by atoms with Gasteiger partial charge in [-0.2, -0.15) is 0 Å². The Morgan fingerprint density at radius 2 is 1.90 bits per heavy atom. The lowest BCUT2D eigenvalue weighted by Crippen LogP contribution is -2.25. The van der Waals surface area contributed by atoms with Crippen LogP contribution >= 0.6 is 21.6 Å². The van der Waals surface area contributed by atoms with Gasteiger partial charge in [-0.15, -0.1) is 0 Å². The van der Waals surface area contributed by atoms with E-state index in [0.717, 1.165) is 10.6 Å². The molecule has 2 aromatic rings. The number of pyridine rings is 1. The molecule has 0 fully saturated rings. The van der Waals surface area contributed by atoms with E-state index in [2.05, 4.69) is 9.71 Å². The number of benzene rings is 1. The van der Waals surface area contributed by atoms with Crippen LogP contribution in [0.3, 0.4) is 0 Å². The number of nitrogens with one attached hydrogen (secondary N) is 1. The number of rotatable bonds is 7. The van der Waals surface area contributed by atoms with Crippen molar-refractivity contribution in [2.45, 2.75) is 16.8 Å². The Morgan fingerprint density at radius 1 is 1.14 bits per heavy atom. The zero-order valence-corrected chi connectivity index (χ0v) is 14.0. The molecule has 21 heavy (non-hydrogen) atoms. The molecule has 4 nitrogen and oxygen atoms in total. The average molecular weight is 340 g/mol. The van der Waals surface area contributed by atoms with Crippen molar-refractivity contribution in [2.75, 3.05) is 12.3 Å². The lowest BCUT2D eigenvalue weighted by atomic mass is 10.2. The molecule has 0 radical (unpaired) electrons. The van der Waals surface area contributed by atoms with Crippen LogP contribution in [-0.4, -0.2) is 25.7 Å². The molecule has 0 aliphatic rings. The number of nitrogens with zero attached hydrogens (tertiary/aromatic N) is 1. The van der Waals surface area contributed by atoms with Crippen molar-refractivity contribution in [2.24, 2.45) is 0 Å². The van der Waals surface area contributed by atoms with Gasteiger partial charge in [0.25, 0.3) is 0 Å². The Balaban J connectivity index is 1.76. The van der Waals surface area contributed by atoms with Crippen LogP contribution < -0.4 is 4.72 Å². The Bertz CT molecular complexity index is 658. The van der Waals surface area contributed by atoms with E-state index in [-0.39, 0.29) is 0 Å². The van der Waals surface area contributed by atoms with Crippen molar-refractivity contribution >= 4 is 31.6 Å². The largest absolute Gasteiger partial charge is 0.249 e. The van der Waals surface area contributed by atoms with Gasteiger partial charge in [0.05, 0.1) is 4.90 Å². The van der Waals surface area contributed by atoms with E-state index in [0.29, 0.717) is 17.2 Å². The molecular weight excluding hydrogens is 324 g/mol. The molecule has 0 atom stereocenters. The fourth-order valence-corrected chi connectivity index (χ4v) is 4.46. The maximum atomic E-state index is 12.0. The molecule has 1 aromatic heterocycles. The highest BCUT2D eigenvalue weighted by molar-refractivity contribution is 8.76. The van der Waals surface area contributed by atoms with Gasteiger partial charge in [-0.05, 0) is 42.0 Å². The van der Waals surface area contributed by atoms with Crippen molar-refractivity contribution in [1.29, 1.82) is 0 Å². The third-order valence-corrected chi connectivity index (χ3v) is 6.33. The third kappa shape index (κ3) is 5.35. The van der Waals surface area contributed by atoms with Crippen LogP contribution in [0.5, 0.6) is 0 Å². The van der Waals surface area contributed by atoms with Crippen molar-refractivity contribution < 1.29 is 8.42 Å². The first-order chi connectivity index (χ1) is 10.1. The van der Waals surface area contributed by atoms with Gasteiger partial charge in [0.1, 0.15) is 5.03 Å². The van der Waals surface area contributed by atoms with E-state index < -0.39 is 10.0 Å². The molecular formula is C14H16N2O2S3. The van der Waals surface area contributed by atoms with E-state index in [9.17, 15) is 8.42 Å². The minimum Gasteiger partial charge on any atom is -0.249 e. The van der Waals surface area contributed by atoms with Crippen molar-refractivity contribution in [1.82, 2.24) is 9.71 Å². The highest BCUT2D eigenvalue weighted by Gasteiger charge is 2.12. The molecule has 2 rings (SSSR count). The first-order valence-electron chi connectivity index (χ1n) is 6.35. The predicted octanol–water partition coefficient (Wildman–Crippen LogP) is 3.11. The molecule has 1 aromatic carbocycles. The van der Waals surface area contributed by atoms with Gasteiger partial charge in [0.15, 0.2) is 0 Å². The molecule has 0 amide bonds. The molecule has 0 unspecified atom stereocenters. The second kappa shape index (κ2) is 7.84. The van der Waals surface area contributed by atoms with Gasteiger partial charge < -0.3 is 0 Å². The quantitative estimate of drug-likeness (QED) is 0.620. The summed E-state index contributed by atoms with van der Waals surface area (Å²) in [4.78, 5) is 4.49. The van der Waals surface area contributed by atoms with E-state index in [1.807, 2.05) is 25.1 Å². The second-order valence-corrected chi connectivity index (χ2v) is 8.49. The van der Waals surface area contributed by atoms with Crippen LogP contribution in [0.1, 0.15) is 5.56 Å². The lowest BCUT2D eigenvalue weighted by Gasteiger charge is -2.06. The Kier molecular flexibility index (Phi) is 6.10. The van der Waals surface area contributed by atoms with Gasteiger partial charge >= 0.3 is 0 Å². The highest BCUT2D eigenvalue weighted by Crippen LogP contribution is 2.28. The van der Waals surface area contributed by atoms with Gasteiger partial charge in [0.2, 0.25) is 10.0 Å². The summed E-state index contributed by atoms with van der Waals surface area (Å²) in [5, 5.41) is 0.920. The van der Waals surface area contributed by atoms with Crippen molar-refractivity contribution in [3.05, 3.63) is 54.2 Å². The number of sulfonamides is 1. The summed E-state index contributed by atoms with van der Waals surface area (Å²) in [6.45, 7) is 2.32. The molecule has 0 aliphatic heterocycles. The highest BCUT2D eigenvalue weighted by atomic mass is 33.1. The molecule has 1 heterocycles. The van der Waals surface area contributed by atoms with E-state index in [1.54, 1.807) is 41.3 Å². The second-order valence-electron chi connectivity index (χ2n) is 4.28. The van der Waals surface area contributed by atoms with Crippen molar-refractivity contribution in [3.63, 3.8) is 0 Å². The Labute approximate surface area is 133 Å². The van der Waals surface area contributed by atoms with Gasteiger partial charge in [-0.1, -0.05) is 34.6 Å². The Morgan fingerprint density at radius 3 is 2.57 bits per heavy atom. The minimum absolute atomic E-state index is 0.301. The monoisotopic (exact) mass is 340 g/mol. The zero-order chi connectivity index (χ0) is 15.1. The number of aryl methyl sites for hydroxylation is 1.